The first kappa shape index (κ1) is 64.0. The van der Waals surface area contributed by atoms with Crippen LogP contribution in [0.5, 0.6) is 0 Å². The van der Waals surface area contributed by atoms with Gasteiger partial charge in [0.15, 0.2) is 29.6 Å². The molecule has 4 aliphatic carbocycles. The summed E-state index contributed by atoms with van der Waals surface area (Å²) in [4.78, 5) is 43.5. The molecule has 7 rings (SSSR count). The van der Waals surface area contributed by atoms with E-state index in [9.17, 15) is 50.1 Å². The minimum Gasteiger partial charge on any atom is -0.459 e. The average Bonchev–Trinajstić information content (AvgIpc) is 3.87. The number of ether oxygens (including phenoxy) is 6. The number of esters is 1. The monoisotopic (exact) mass is 1130 g/mol. The summed E-state index contributed by atoms with van der Waals surface area (Å²) in [6, 6.07) is -0.828. The largest absolute Gasteiger partial charge is 0.459 e. The molecule has 452 valence electrons. The molecule has 3 aliphatic heterocycles. The van der Waals surface area contributed by atoms with Gasteiger partial charge in [0.05, 0.1) is 47.6 Å². The van der Waals surface area contributed by atoms with Crippen LogP contribution in [0.3, 0.4) is 0 Å². The Morgan fingerprint density at radius 2 is 1.56 bits per heavy atom. The maximum Gasteiger partial charge on any atom is 0.311 e. The number of alkyl halides is 2. The summed E-state index contributed by atoms with van der Waals surface area (Å²) in [5.74, 6) is -6.83. The van der Waals surface area contributed by atoms with Gasteiger partial charge in [-0.15, -0.1) is 0 Å². The molecule has 20 heteroatoms. The van der Waals surface area contributed by atoms with E-state index in [1.807, 2.05) is 18.7 Å². The van der Waals surface area contributed by atoms with E-state index in [-0.39, 0.29) is 82.2 Å². The Hall–Kier alpha value is -2.57. The second-order valence-corrected chi connectivity index (χ2v) is 26.5. The molecule has 0 aromatic carbocycles. The zero-order valence-electron chi connectivity index (χ0n) is 49.2. The summed E-state index contributed by atoms with van der Waals surface area (Å²) in [6.07, 6.45) is -9.06. The zero-order chi connectivity index (χ0) is 58.9. The molecule has 3 saturated heterocycles. The van der Waals surface area contributed by atoms with Gasteiger partial charge in [-0.2, -0.15) is 0 Å². The van der Waals surface area contributed by atoms with E-state index in [1.54, 1.807) is 62.3 Å². The number of aliphatic hydroxyl groups excluding tert-OH is 4. The first-order valence-corrected chi connectivity index (χ1v) is 29.2. The molecule has 26 atom stereocenters. The summed E-state index contributed by atoms with van der Waals surface area (Å²) in [6.45, 7) is 22.3. The van der Waals surface area contributed by atoms with E-state index in [2.05, 4.69) is 5.32 Å². The van der Waals surface area contributed by atoms with E-state index >= 15 is 8.78 Å². The summed E-state index contributed by atoms with van der Waals surface area (Å²) in [5, 5.41) is 87.3. The van der Waals surface area contributed by atoms with Crippen molar-refractivity contribution in [2.75, 3.05) is 26.7 Å². The van der Waals surface area contributed by atoms with E-state index in [1.165, 1.54) is 33.1 Å². The van der Waals surface area contributed by atoms with Gasteiger partial charge in [-0.3, -0.25) is 19.3 Å². The quantitative estimate of drug-likeness (QED) is 0.104. The number of nitrogens with one attached hydrogen (secondary N) is 1. The van der Waals surface area contributed by atoms with Crippen LogP contribution in [0.1, 0.15) is 148 Å². The highest BCUT2D eigenvalue weighted by Crippen LogP contribution is 2.71. The maximum atomic E-state index is 17.9. The van der Waals surface area contributed by atoms with Crippen LogP contribution in [-0.2, 0) is 42.8 Å². The van der Waals surface area contributed by atoms with Crippen molar-refractivity contribution in [3.8, 4) is 0 Å². The van der Waals surface area contributed by atoms with Crippen LogP contribution in [0.15, 0.2) is 23.8 Å². The van der Waals surface area contributed by atoms with Gasteiger partial charge in [-0.1, -0.05) is 40.7 Å². The number of halogens is 2. The number of cyclic esters (lactones) is 1. The lowest BCUT2D eigenvalue weighted by atomic mass is 9.44. The SMILES string of the molecule is CC[C@H]1OC(=O)[C@H](C)[C@@H](O[C@H]2C[C@@](C)(OC)[C@@H](O)[C@H](C)O2)[C@H](C)[C@@H](O[C@@H]2O[C@H](C)CC[C@H]2O)[C@](C)(O)C[C@@H](C)CN(CCCNC(=O)[C@@]2(O)[C@H](C)CC3C4C[C@H](F)C5=CC(=O)C=C[C@]5(C)[C@@]4(F)[C@@H](O)C[C@@]32C)[C@H](C)[C@@H](O)[C@]1(C)O. The van der Waals surface area contributed by atoms with Gasteiger partial charge >= 0.3 is 5.97 Å². The van der Waals surface area contributed by atoms with Gasteiger partial charge in [0.2, 0.25) is 0 Å². The van der Waals surface area contributed by atoms with E-state index < -0.39 is 160 Å². The summed E-state index contributed by atoms with van der Waals surface area (Å²) >= 11 is 0. The number of nitrogens with zero attached hydrogens (tertiary/aromatic N) is 1. The third-order valence-corrected chi connectivity index (χ3v) is 20.8. The Balaban J connectivity index is 1.14. The number of carbonyl (C=O) groups is 3. The minimum absolute atomic E-state index is 0.0147. The Labute approximate surface area is 466 Å². The first-order chi connectivity index (χ1) is 36.6. The summed E-state index contributed by atoms with van der Waals surface area (Å²) < 4.78 is 71.8. The number of fused-ring (bicyclic) bond motifs is 5. The molecule has 1 amide bonds. The number of allylic oxidation sites excluding steroid dienone is 4. The van der Waals surface area contributed by atoms with Crippen LogP contribution in [0.25, 0.3) is 0 Å². The molecule has 0 spiro atoms. The molecule has 0 aromatic heterocycles. The van der Waals surface area contributed by atoms with Crippen LogP contribution in [-0.4, -0.2) is 193 Å². The Morgan fingerprint density at radius 3 is 2.20 bits per heavy atom. The molecule has 3 heterocycles. The summed E-state index contributed by atoms with van der Waals surface area (Å²) in [7, 11) is 1.48. The van der Waals surface area contributed by atoms with Gasteiger partial charge < -0.3 is 69.5 Å². The smallest absolute Gasteiger partial charge is 0.311 e. The molecule has 0 aromatic rings. The van der Waals surface area contributed by atoms with Crippen LogP contribution in [0.4, 0.5) is 8.78 Å². The summed E-state index contributed by atoms with van der Waals surface area (Å²) in [5.41, 5.74) is -12.3. The van der Waals surface area contributed by atoms with Crippen LogP contribution >= 0.6 is 0 Å². The van der Waals surface area contributed by atoms with Crippen molar-refractivity contribution < 1.29 is 87.3 Å². The molecule has 7 aliphatic rings. The number of hydrogen-bond donors (Lipinski definition) is 8. The molecule has 79 heavy (non-hydrogen) atoms. The lowest BCUT2D eigenvalue weighted by Crippen LogP contribution is -2.71. The zero-order valence-corrected chi connectivity index (χ0v) is 49.2. The van der Waals surface area contributed by atoms with Crippen LogP contribution in [0.2, 0.25) is 0 Å². The van der Waals surface area contributed by atoms with Gasteiger partial charge in [-0.05, 0) is 142 Å². The molecule has 8 N–H and O–H groups in total. The fourth-order valence-corrected chi connectivity index (χ4v) is 15.9. The highest BCUT2D eigenvalue weighted by molar-refractivity contribution is 6.01. The highest BCUT2D eigenvalue weighted by Gasteiger charge is 2.77. The van der Waals surface area contributed by atoms with Crippen molar-refractivity contribution in [1.82, 2.24) is 10.2 Å². The van der Waals surface area contributed by atoms with E-state index in [4.69, 9.17) is 28.4 Å². The predicted molar refractivity (Wildman–Crippen MR) is 286 cm³/mol. The number of amides is 1. The van der Waals surface area contributed by atoms with Crippen molar-refractivity contribution >= 4 is 17.7 Å². The van der Waals surface area contributed by atoms with Gasteiger partial charge in [-0.25, -0.2) is 8.78 Å². The van der Waals surface area contributed by atoms with E-state index in [0.29, 0.717) is 12.8 Å². The lowest BCUT2D eigenvalue weighted by Gasteiger charge is -2.63. The third kappa shape index (κ3) is 11.3. The third-order valence-electron chi connectivity index (χ3n) is 20.8. The molecular formula is C59H96F2N2O16. The number of aliphatic hydroxyl groups is 7. The van der Waals surface area contributed by atoms with Crippen molar-refractivity contribution in [3.05, 3.63) is 23.8 Å². The molecule has 0 bridgehead atoms. The normalized spacial score (nSPS) is 51.2. The number of carbonyl (C=O) groups excluding carboxylic acids is 3. The number of ketones is 1. The topological polar surface area (TPSA) is 263 Å². The van der Waals surface area contributed by atoms with Crippen molar-refractivity contribution in [3.63, 3.8) is 0 Å². The van der Waals surface area contributed by atoms with Gasteiger partial charge in [0.25, 0.3) is 5.91 Å². The van der Waals surface area contributed by atoms with Crippen molar-refractivity contribution in [2.24, 2.45) is 46.3 Å². The minimum atomic E-state index is -2.38. The number of hydrogen-bond acceptors (Lipinski definition) is 17. The predicted octanol–water partition coefficient (Wildman–Crippen LogP) is 4.53. The Kier molecular flexibility index (Phi) is 19.0. The van der Waals surface area contributed by atoms with Crippen molar-refractivity contribution in [1.29, 1.82) is 0 Å². The molecule has 2 unspecified atom stereocenters. The van der Waals surface area contributed by atoms with Crippen LogP contribution in [0, 0.1) is 46.3 Å². The first-order valence-electron chi connectivity index (χ1n) is 29.2. The standard InChI is InChI=1S/C59H96F2N2O16/c1-15-44-57(13,72)47(67)35(7)63(22-16-21-62-52(70)59(73)31(3)23-38-39-25-41(60)40-24-37(64)19-20-53(40,9)58(39,61)43(66)27-54(38,59)10)29-30(2)26-55(11,71)49(79-51-42(65)18-17-32(4)75-51)33(5)46(34(6)50(69)77-44)78-45-28-56(12,74-14)48(68)36(8)76-45/h19-20,24,30-36,38-39,41-49,51,65-68,71-73H,15-18,21-23,25-29H2,1-14H3,(H,62,70)/t30-,31-,32-,33+,34-,35-,36+,38?,39?,41+,42-,43+,44-,45+,46+,47-,48+,49-,51+,53+,54+,55-,56-,57-,58+,59+/m1/s1. The second kappa shape index (κ2) is 23.5. The van der Waals surface area contributed by atoms with E-state index in [0.717, 1.165) is 6.08 Å². The molecule has 6 fully saturated rings. The number of methoxy groups -OCH3 is 1. The fourth-order valence-electron chi connectivity index (χ4n) is 15.9. The average molecular weight is 1130 g/mol. The number of rotatable bonds is 11. The second-order valence-electron chi connectivity index (χ2n) is 26.5. The molecular weight excluding hydrogens is 1030 g/mol. The molecule has 0 radical (unpaired) electrons. The van der Waals surface area contributed by atoms with Gasteiger partial charge in [0.1, 0.15) is 36.2 Å². The van der Waals surface area contributed by atoms with Gasteiger partial charge in [0, 0.05) is 61.9 Å². The lowest BCUT2D eigenvalue weighted by molar-refractivity contribution is -0.314. The van der Waals surface area contributed by atoms with Crippen molar-refractivity contribution in [2.45, 2.75) is 256 Å². The molecule has 18 nitrogen and oxygen atoms in total. The Morgan fingerprint density at radius 1 is 0.886 bits per heavy atom. The van der Waals surface area contributed by atoms with Crippen LogP contribution < -0.4 is 5.32 Å². The fraction of sp³-hybridized carbons (Fsp3) is 0.881. The maximum absolute atomic E-state index is 17.9. The highest BCUT2D eigenvalue weighted by atomic mass is 19.1. The Bertz CT molecular complexity index is 2260. The molecule has 3 saturated carbocycles.